The van der Waals surface area contributed by atoms with Gasteiger partial charge in [-0.1, -0.05) is 0 Å². The van der Waals surface area contributed by atoms with Crippen LogP contribution in [-0.4, -0.2) is 40.9 Å². The van der Waals surface area contributed by atoms with E-state index in [1.807, 2.05) is 0 Å². The second kappa shape index (κ2) is 5.85. The zero-order valence-corrected chi connectivity index (χ0v) is 12.8. The molecule has 2 amide bonds. The first-order valence-corrected chi connectivity index (χ1v) is 7.49. The van der Waals surface area contributed by atoms with Gasteiger partial charge in [0.15, 0.2) is 0 Å². The molecule has 0 saturated carbocycles. The molecule has 114 valence electrons. The number of carboxylic acids is 1. The molecule has 1 aliphatic heterocycles. The number of carbonyl (C=O) groups is 3. The van der Waals surface area contributed by atoms with Gasteiger partial charge in [-0.05, 0) is 25.5 Å². The smallest absolute Gasteiger partial charge is 0.311 e. The van der Waals surface area contributed by atoms with E-state index < -0.39 is 11.4 Å². The number of hydrogen-bond donors (Lipinski definition) is 2. The number of nitrogens with zero attached hydrogens (tertiary/aromatic N) is 1. The number of hydrogen-bond acceptors (Lipinski definition) is 4. The Morgan fingerprint density at radius 1 is 1.43 bits per heavy atom. The fraction of sp³-hybridized carbons (Fsp3) is 0.500. The molecule has 6 nitrogen and oxygen atoms in total. The average Bonchev–Trinajstić information content (AvgIpc) is 3.03. The number of rotatable bonds is 4. The summed E-state index contributed by atoms with van der Waals surface area (Å²) in [6.45, 7) is 4.21. The van der Waals surface area contributed by atoms with Gasteiger partial charge in [-0.3, -0.25) is 14.4 Å². The number of carboxylic acid groups (broad SMARTS) is 1. The quantitative estimate of drug-likeness (QED) is 0.878. The predicted octanol–water partition coefficient (Wildman–Crippen LogP) is 1.32. The monoisotopic (exact) mass is 310 g/mol. The molecule has 1 aromatic heterocycles. The third kappa shape index (κ3) is 3.41. The summed E-state index contributed by atoms with van der Waals surface area (Å²) in [5.41, 5.74) is -0.855. The molecule has 1 fully saturated rings. The molecule has 2 heterocycles. The molecule has 7 heteroatoms. The van der Waals surface area contributed by atoms with Gasteiger partial charge in [0.1, 0.15) is 0 Å². The highest BCUT2D eigenvalue weighted by molar-refractivity contribution is 7.14. The highest BCUT2D eigenvalue weighted by Gasteiger charge is 2.42. The molecular formula is C14H18N2O4S. The largest absolute Gasteiger partial charge is 0.481 e. The number of thiophene rings is 1. The van der Waals surface area contributed by atoms with Gasteiger partial charge in [-0.15, -0.1) is 11.3 Å². The van der Waals surface area contributed by atoms with E-state index >= 15 is 0 Å². The first kappa shape index (κ1) is 15.5. The van der Waals surface area contributed by atoms with Crippen molar-refractivity contribution in [3.63, 3.8) is 0 Å². The summed E-state index contributed by atoms with van der Waals surface area (Å²) in [5, 5.41) is 11.9. The standard InChI is InChI=1S/C14H18N2O4S/c1-9(17)15-7-10-3-4-11(21-10)12(18)16-6-5-14(2,8-16)13(19)20/h3-4H,5-8H2,1-2H3,(H,15,17)(H,19,20). The third-order valence-corrected chi connectivity index (χ3v) is 4.73. The van der Waals surface area contributed by atoms with Crippen LogP contribution in [0.5, 0.6) is 0 Å². The predicted molar refractivity (Wildman–Crippen MR) is 78.1 cm³/mol. The van der Waals surface area contributed by atoms with E-state index in [9.17, 15) is 19.5 Å². The minimum atomic E-state index is -0.865. The van der Waals surface area contributed by atoms with Crippen LogP contribution < -0.4 is 5.32 Å². The number of aliphatic carboxylic acids is 1. The van der Waals surface area contributed by atoms with E-state index in [1.54, 1.807) is 24.0 Å². The molecule has 1 saturated heterocycles. The van der Waals surface area contributed by atoms with Crippen molar-refractivity contribution in [1.82, 2.24) is 10.2 Å². The Morgan fingerprint density at radius 3 is 2.71 bits per heavy atom. The molecule has 1 unspecified atom stereocenters. The number of nitrogens with one attached hydrogen (secondary N) is 1. The van der Waals surface area contributed by atoms with E-state index in [4.69, 9.17) is 0 Å². The highest BCUT2D eigenvalue weighted by Crippen LogP contribution is 2.31. The Kier molecular flexibility index (Phi) is 4.32. The first-order chi connectivity index (χ1) is 9.82. The van der Waals surface area contributed by atoms with Crippen molar-refractivity contribution in [3.05, 3.63) is 21.9 Å². The molecule has 1 aliphatic rings. The van der Waals surface area contributed by atoms with Crippen LogP contribution in [0.25, 0.3) is 0 Å². The maximum absolute atomic E-state index is 12.4. The van der Waals surface area contributed by atoms with Crippen LogP contribution in [0.4, 0.5) is 0 Å². The summed E-state index contributed by atoms with van der Waals surface area (Å²) in [6, 6.07) is 3.53. The van der Waals surface area contributed by atoms with Gasteiger partial charge in [-0.2, -0.15) is 0 Å². The fourth-order valence-electron chi connectivity index (χ4n) is 2.26. The molecule has 1 atom stereocenters. The van der Waals surface area contributed by atoms with E-state index in [0.717, 1.165) is 4.88 Å². The summed E-state index contributed by atoms with van der Waals surface area (Å²) in [7, 11) is 0. The minimum absolute atomic E-state index is 0.118. The molecule has 2 N–H and O–H groups in total. The van der Waals surface area contributed by atoms with Crippen molar-refractivity contribution in [1.29, 1.82) is 0 Å². The Balaban J connectivity index is 2.01. The Labute approximate surface area is 126 Å². The molecule has 0 spiro atoms. The van der Waals surface area contributed by atoms with Gasteiger partial charge in [0.05, 0.1) is 16.8 Å². The zero-order valence-electron chi connectivity index (χ0n) is 12.0. The van der Waals surface area contributed by atoms with Crippen LogP contribution in [0.3, 0.4) is 0 Å². The number of carbonyl (C=O) groups excluding carboxylic acids is 2. The van der Waals surface area contributed by atoms with Crippen LogP contribution >= 0.6 is 11.3 Å². The lowest BCUT2D eigenvalue weighted by Crippen LogP contribution is -2.34. The van der Waals surface area contributed by atoms with Crippen LogP contribution in [-0.2, 0) is 16.1 Å². The molecule has 0 aromatic carbocycles. The molecule has 0 bridgehead atoms. The second-order valence-corrected chi connectivity index (χ2v) is 6.69. The van der Waals surface area contributed by atoms with E-state index in [2.05, 4.69) is 5.32 Å². The van der Waals surface area contributed by atoms with Crippen LogP contribution in [0.2, 0.25) is 0 Å². The Hall–Kier alpha value is -1.89. The van der Waals surface area contributed by atoms with Crippen molar-refractivity contribution in [2.75, 3.05) is 13.1 Å². The second-order valence-electron chi connectivity index (χ2n) is 5.52. The first-order valence-electron chi connectivity index (χ1n) is 6.68. The van der Waals surface area contributed by atoms with Gasteiger partial charge < -0.3 is 15.3 Å². The summed E-state index contributed by atoms with van der Waals surface area (Å²) in [4.78, 5) is 37.5. The van der Waals surface area contributed by atoms with Crippen molar-refractivity contribution in [2.45, 2.75) is 26.8 Å². The van der Waals surface area contributed by atoms with Gasteiger partial charge in [0.2, 0.25) is 5.91 Å². The normalized spacial score (nSPS) is 21.3. The molecule has 0 radical (unpaired) electrons. The van der Waals surface area contributed by atoms with Crippen molar-refractivity contribution >= 4 is 29.1 Å². The SMILES string of the molecule is CC(=O)NCc1ccc(C(=O)N2CCC(C)(C(=O)O)C2)s1. The average molecular weight is 310 g/mol. The Morgan fingerprint density at radius 2 is 2.14 bits per heavy atom. The number of likely N-dealkylation sites (tertiary alicyclic amines) is 1. The zero-order chi connectivity index (χ0) is 15.6. The summed E-state index contributed by atoms with van der Waals surface area (Å²) in [5.74, 6) is -1.12. The van der Waals surface area contributed by atoms with Crippen LogP contribution in [0.1, 0.15) is 34.8 Å². The topological polar surface area (TPSA) is 86.7 Å². The summed E-state index contributed by atoms with van der Waals surface area (Å²) < 4.78 is 0. The molecule has 2 rings (SSSR count). The van der Waals surface area contributed by atoms with Gasteiger partial charge in [0, 0.05) is 24.9 Å². The van der Waals surface area contributed by atoms with E-state index in [0.29, 0.717) is 24.4 Å². The molecular weight excluding hydrogens is 292 g/mol. The van der Waals surface area contributed by atoms with E-state index in [1.165, 1.54) is 18.3 Å². The van der Waals surface area contributed by atoms with Gasteiger partial charge >= 0.3 is 5.97 Å². The Bertz CT molecular complexity index is 583. The van der Waals surface area contributed by atoms with Crippen molar-refractivity contribution in [2.24, 2.45) is 5.41 Å². The van der Waals surface area contributed by atoms with Crippen LogP contribution in [0.15, 0.2) is 12.1 Å². The lowest BCUT2D eigenvalue weighted by atomic mass is 9.90. The lowest BCUT2D eigenvalue weighted by Gasteiger charge is -2.19. The lowest BCUT2D eigenvalue weighted by molar-refractivity contribution is -0.147. The fourth-order valence-corrected chi connectivity index (χ4v) is 3.18. The minimum Gasteiger partial charge on any atom is -0.481 e. The van der Waals surface area contributed by atoms with Crippen molar-refractivity contribution < 1.29 is 19.5 Å². The summed E-state index contributed by atoms with van der Waals surface area (Å²) in [6.07, 6.45) is 0.470. The maximum Gasteiger partial charge on any atom is 0.311 e. The maximum atomic E-state index is 12.4. The molecule has 1 aromatic rings. The highest BCUT2D eigenvalue weighted by atomic mass is 32.1. The molecule has 21 heavy (non-hydrogen) atoms. The third-order valence-electron chi connectivity index (χ3n) is 3.66. The van der Waals surface area contributed by atoms with Crippen molar-refractivity contribution in [3.8, 4) is 0 Å². The van der Waals surface area contributed by atoms with Crippen LogP contribution in [0, 0.1) is 5.41 Å². The van der Waals surface area contributed by atoms with Gasteiger partial charge in [0.25, 0.3) is 5.91 Å². The molecule has 0 aliphatic carbocycles. The summed E-state index contributed by atoms with van der Waals surface area (Å²) >= 11 is 1.32. The number of amides is 2. The van der Waals surface area contributed by atoms with Gasteiger partial charge in [-0.25, -0.2) is 0 Å². The van der Waals surface area contributed by atoms with E-state index in [-0.39, 0.29) is 18.4 Å².